The van der Waals surface area contributed by atoms with Gasteiger partial charge in [0.05, 0.1) is 12.1 Å². The quantitative estimate of drug-likeness (QED) is 0.758. The molecular formula is C18H18N2OS. The molecule has 0 spiro atoms. The van der Waals surface area contributed by atoms with Crippen molar-refractivity contribution in [1.82, 2.24) is 4.57 Å². The van der Waals surface area contributed by atoms with E-state index in [1.54, 1.807) is 11.3 Å². The fourth-order valence-electron chi connectivity index (χ4n) is 2.55. The summed E-state index contributed by atoms with van der Waals surface area (Å²) >= 11 is 1.73. The Morgan fingerprint density at radius 1 is 1.14 bits per heavy atom. The van der Waals surface area contributed by atoms with Crippen LogP contribution in [0.2, 0.25) is 0 Å². The van der Waals surface area contributed by atoms with Crippen molar-refractivity contribution in [3.8, 4) is 0 Å². The maximum atomic E-state index is 12.5. The Kier molecular flexibility index (Phi) is 4.11. The minimum absolute atomic E-state index is 0.0586. The first-order valence-corrected chi connectivity index (χ1v) is 8.08. The van der Waals surface area contributed by atoms with Crippen LogP contribution in [0.4, 0.5) is 5.69 Å². The zero-order valence-corrected chi connectivity index (χ0v) is 13.5. The van der Waals surface area contributed by atoms with Crippen LogP contribution in [0, 0.1) is 13.8 Å². The van der Waals surface area contributed by atoms with Crippen LogP contribution in [0.1, 0.15) is 26.6 Å². The molecular weight excluding hydrogens is 292 g/mol. The summed E-state index contributed by atoms with van der Waals surface area (Å²) in [4.78, 5) is 13.8. The third-order valence-electron chi connectivity index (χ3n) is 3.74. The number of aryl methyl sites for hydroxylation is 1. The first kappa shape index (κ1) is 14.6. The minimum atomic E-state index is -0.0586. The summed E-state index contributed by atoms with van der Waals surface area (Å²) in [6.07, 6.45) is 0. The zero-order chi connectivity index (χ0) is 15.5. The number of nitrogens with zero attached hydrogens (tertiary/aromatic N) is 1. The fraction of sp³-hybridized carbons (Fsp3) is 0.167. The summed E-state index contributed by atoms with van der Waals surface area (Å²) in [5.74, 6) is -0.0586. The summed E-state index contributed by atoms with van der Waals surface area (Å²) in [5, 5.41) is 5.02. The molecule has 0 unspecified atom stereocenters. The smallest absolute Gasteiger partial charge is 0.257 e. The molecule has 0 atom stereocenters. The molecule has 1 N–H and O–H groups in total. The van der Waals surface area contributed by atoms with Crippen molar-refractivity contribution in [2.45, 2.75) is 20.4 Å². The van der Waals surface area contributed by atoms with Crippen molar-refractivity contribution in [2.75, 3.05) is 5.32 Å². The standard InChI is InChI=1S/C18H18N2OS/c1-13-11-17(18(21)19-15-7-4-3-5-8-15)14(2)20(13)12-16-9-6-10-22-16/h3-11H,12H2,1-2H3,(H,19,21). The first-order chi connectivity index (χ1) is 10.6. The molecule has 2 aromatic heterocycles. The van der Waals surface area contributed by atoms with E-state index in [4.69, 9.17) is 0 Å². The van der Waals surface area contributed by atoms with Crippen molar-refractivity contribution in [3.05, 3.63) is 75.7 Å². The molecule has 112 valence electrons. The lowest BCUT2D eigenvalue weighted by Gasteiger charge is -2.09. The molecule has 4 heteroatoms. The molecule has 22 heavy (non-hydrogen) atoms. The van der Waals surface area contributed by atoms with Crippen LogP contribution < -0.4 is 5.32 Å². The monoisotopic (exact) mass is 310 g/mol. The fourth-order valence-corrected chi connectivity index (χ4v) is 3.25. The van der Waals surface area contributed by atoms with Crippen molar-refractivity contribution in [3.63, 3.8) is 0 Å². The lowest BCUT2D eigenvalue weighted by atomic mass is 10.2. The molecule has 0 aliphatic carbocycles. The molecule has 3 aromatic rings. The van der Waals surface area contributed by atoms with Gasteiger partial charge in [-0.1, -0.05) is 24.3 Å². The van der Waals surface area contributed by atoms with E-state index in [1.165, 1.54) is 4.88 Å². The summed E-state index contributed by atoms with van der Waals surface area (Å²) in [5.41, 5.74) is 3.65. The second kappa shape index (κ2) is 6.20. The second-order valence-corrected chi connectivity index (χ2v) is 6.30. The van der Waals surface area contributed by atoms with E-state index in [-0.39, 0.29) is 5.91 Å². The van der Waals surface area contributed by atoms with E-state index in [0.29, 0.717) is 0 Å². The molecule has 3 nitrogen and oxygen atoms in total. The zero-order valence-electron chi connectivity index (χ0n) is 12.7. The van der Waals surface area contributed by atoms with Gasteiger partial charge in [0.1, 0.15) is 0 Å². The number of amides is 1. The van der Waals surface area contributed by atoms with Crippen LogP contribution in [0.15, 0.2) is 53.9 Å². The predicted molar refractivity (Wildman–Crippen MR) is 91.7 cm³/mol. The molecule has 0 aliphatic heterocycles. The Morgan fingerprint density at radius 3 is 2.59 bits per heavy atom. The van der Waals surface area contributed by atoms with E-state index in [2.05, 4.69) is 27.4 Å². The van der Waals surface area contributed by atoms with E-state index >= 15 is 0 Å². The summed E-state index contributed by atoms with van der Waals surface area (Å²) in [6, 6.07) is 15.7. The Hall–Kier alpha value is -2.33. The van der Waals surface area contributed by atoms with Crippen molar-refractivity contribution < 1.29 is 4.79 Å². The number of hydrogen-bond acceptors (Lipinski definition) is 2. The van der Waals surface area contributed by atoms with Crippen LogP contribution in [-0.4, -0.2) is 10.5 Å². The third-order valence-corrected chi connectivity index (χ3v) is 4.61. The Morgan fingerprint density at radius 2 is 1.91 bits per heavy atom. The molecule has 0 radical (unpaired) electrons. The molecule has 2 heterocycles. The van der Waals surface area contributed by atoms with Gasteiger partial charge in [-0.15, -0.1) is 11.3 Å². The number of rotatable bonds is 4. The second-order valence-electron chi connectivity index (χ2n) is 5.27. The largest absolute Gasteiger partial charge is 0.343 e. The number of hydrogen-bond donors (Lipinski definition) is 1. The highest BCUT2D eigenvalue weighted by atomic mass is 32.1. The molecule has 0 saturated carbocycles. The van der Waals surface area contributed by atoms with Gasteiger partial charge in [-0.3, -0.25) is 4.79 Å². The van der Waals surface area contributed by atoms with Crippen LogP contribution >= 0.6 is 11.3 Å². The Labute approximate surface area is 134 Å². The lowest BCUT2D eigenvalue weighted by molar-refractivity contribution is 0.102. The highest BCUT2D eigenvalue weighted by Gasteiger charge is 2.16. The highest BCUT2D eigenvalue weighted by molar-refractivity contribution is 7.09. The molecule has 1 aromatic carbocycles. The number of para-hydroxylation sites is 1. The summed E-state index contributed by atoms with van der Waals surface area (Å²) < 4.78 is 2.19. The average molecular weight is 310 g/mol. The van der Waals surface area contributed by atoms with Crippen molar-refractivity contribution in [1.29, 1.82) is 0 Å². The van der Waals surface area contributed by atoms with Gasteiger partial charge in [-0.2, -0.15) is 0 Å². The number of carbonyl (C=O) groups is 1. The average Bonchev–Trinajstić information content (AvgIpc) is 3.12. The number of benzene rings is 1. The summed E-state index contributed by atoms with van der Waals surface area (Å²) in [6.45, 7) is 4.86. The van der Waals surface area contributed by atoms with Gasteiger partial charge in [-0.25, -0.2) is 0 Å². The molecule has 0 aliphatic rings. The Bertz CT molecular complexity index is 773. The molecule has 1 amide bonds. The van der Waals surface area contributed by atoms with E-state index in [9.17, 15) is 4.79 Å². The Balaban J connectivity index is 1.84. The topological polar surface area (TPSA) is 34.0 Å². The van der Waals surface area contributed by atoms with Crippen LogP contribution in [-0.2, 0) is 6.54 Å². The molecule has 0 fully saturated rings. The van der Waals surface area contributed by atoms with E-state index in [0.717, 1.165) is 29.2 Å². The van der Waals surface area contributed by atoms with Crippen LogP contribution in [0.3, 0.4) is 0 Å². The van der Waals surface area contributed by atoms with Crippen LogP contribution in [0.25, 0.3) is 0 Å². The normalized spacial score (nSPS) is 10.6. The van der Waals surface area contributed by atoms with Crippen molar-refractivity contribution in [2.24, 2.45) is 0 Å². The maximum Gasteiger partial charge on any atom is 0.257 e. The van der Waals surface area contributed by atoms with E-state index < -0.39 is 0 Å². The summed E-state index contributed by atoms with van der Waals surface area (Å²) in [7, 11) is 0. The van der Waals surface area contributed by atoms with Gasteiger partial charge in [0.25, 0.3) is 5.91 Å². The minimum Gasteiger partial charge on any atom is -0.343 e. The molecule has 0 saturated heterocycles. The predicted octanol–water partition coefficient (Wildman–Crippen LogP) is 4.47. The van der Waals surface area contributed by atoms with Gasteiger partial charge in [-0.05, 0) is 43.5 Å². The van der Waals surface area contributed by atoms with Gasteiger partial charge in [0.15, 0.2) is 0 Å². The number of nitrogens with one attached hydrogen (secondary N) is 1. The number of anilines is 1. The van der Waals surface area contributed by atoms with Crippen molar-refractivity contribution >= 4 is 22.9 Å². The van der Waals surface area contributed by atoms with Gasteiger partial charge in [0.2, 0.25) is 0 Å². The number of aromatic nitrogens is 1. The van der Waals surface area contributed by atoms with Crippen LogP contribution in [0.5, 0.6) is 0 Å². The van der Waals surface area contributed by atoms with E-state index in [1.807, 2.05) is 50.2 Å². The van der Waals surface area contributed by atoms with Gasteiger partial charge in [0, 0.05) is 22.0 Å². The highest BCUT2D eigenvalue weighted by Crippen LogP contribution is 2.20. The molecule has 0 bridgehead atoms. The third kappa shape index (κ3) is 2.97. The number of carbonyl (C=O) groups excluding carboxylic acids is 1. The number of thiophene rings is 1. The molecule has 3 rings (SSSR count). The first-order valence-electron chi connectivity index (χ1n) is 7.20. The SMILES string of the molecule is Cc1cc(C(=O)Nc2ccccc2)c(C)n1Cc1cccs1. The lowest BCUT2D eigenvalue weighted by Crippen LogP contribution is -2.13. The van der Waals surface area contributed by atoms with Gasteiger partial charge < -0.3 is 9.88 Å². The maximum absolute atomic E-state index is 12.5. The van der Waals surface area contributed by atoms with Gasteiger partial charge >= 0.3 is 0 Å².